The van der Waals surface area contributed by atoms with E-state index in [-0.39, 0.29) is 39.4 Å². The monoisotopic (exact) mass is 392 g/mol. The predicted octanol–water partition coefficient (Wildman–Crippen LogP) is 2.39. The average molecular weight is 394 g/mol. The first-order chi connectivity index (χ1) is 8.32. The molecule has 2 rings (SSSR count). The zero-order chi connectivity index (χ0) is 13.5. The molecule has 1 aromatic carbocycles. The standard InChI is InChI=1S/C10H11BrClFN2O2S.ClH/c11-8-3-6(13)4-9(12)10(8)18(16,17)15-2-1-7(14)5-15;/h3-4,7H,1-2,5,14H2;1H. The summed E-state index contributed by atoms with van der Waals surface area (Å²) in [5.41, 5.74) is 5.69. The lowest BCUT2D eigenvalue weighted by Crippen LogP contribution is -2.32. The highest BCUT2D eigenvalue weighted by molar-refractivity contribution is 9.10. The Morgan fingerprint density at radius 1 is 1.47 bits per heavy atom. The maximum atomic E-state index is 13.1. The number of sulfonamides is 1. The molecular weight excluding hydrogens is 382 g/mol. The summed E-state index contributed by atoms with van der Waals surface area (Å²) < 4.78 is 39.2. The Hall–Kier alpha value is 0.0800. The molecule has 9 heteroatoms. The number of nitrogens with zero attached hydrogens (tertiary/aromatic N) is 1. The van der Waals surface area contributed by atoms with Gasteiger partial charge in [0.25, 0.3) is 0 Å². The fourth-order valence-electron chi connectivity index (χ4n) is 1.88. The van der Waals surface area contributed by atoms with Crippen LogP contribution in [0.2, 0.25) is 5.02 Å². The quantitative estimate of drug-likeness (QED) is 0.838. The molecule has 0 radical (unpaired) electrons. The Bertz CT molecular complexity index is 562. The maximum Gasteiger partial charge on any atom is 0.245 e. The molecule has 4 nitrogen and oxygen atoms in total. The summed E-state index contributed by atoms with van der Waals surface area (Å²) >= 11 is 8.86. The van der Waals surface area contributed by atoms with Gasteiger partial charge in [0.15, 0.2) is 0 Å². The Morgan fingerprint density at radius 3 is 2.58 bits per heavy atom. The maximum absolute atomic E-state index is 13.1. The van der Waals surface area contributed by atoms with Crippen molar-refractivity contribution in [1.82, 2.24) is 4.31 Å². The number of benzene rings is 1. The topological polar surface area (TPSA) is 63.4 Å². The zero-order valence-electron chi connectivity index (χ0n) is 9.64. The van der Waals surface area contributed by atoms with Gasteiger partial charge < -0.3 is 5.73 Å². The second-order valence-electron chi connectivity index (χ2n) is 4.11. The molecule has 0 saturated carbocycles. The van der Waals surface area contributed by atoms with Crippen molar-refractivity contribution in [3.8, 4) is 0 Å². The van der Waals surface area contributed by atoms with Crippen LogP contribution in [-0.4, -0.2) is 31.9 Å². The molecule has 1 fully saturated rings. The molecule has 0 bridgehead atoms. The lowest BCUT2D eigenvalue weighted by molar-refractivity contribution is 0.472. The minimum Gasteiger partial charge on any atom is -0.326 e. The van der Waals surface area contributed by atoms with Gasteiger partial charge in [0.1, 0.15) is 10.7 Å². The lowest BCUT2D eigenvalue weighted by Gasteiger charge is -2.18. The van der Waals surface area contributed by atoms with Crippen molar-refractivity contribution in [3.05, 3.63) is 27.4 Å². The van der Waals surface area contributed by atoms with E-state index in [1.54, 1.807) is 0 Å². The van der Waals surface area contributed by atoms with E-state index < -0.39 is 15.8 Å². The van der Waals surface area contributed by atoms with Crippen molar-refractivity contribution in [2.24, 2.45) is 5.73 Å². The molecule has 1 heterocycles. The van der Waals surface area contributed by atoms with E-state index in [1.807, 2.05) is 0 Å². The Kier molecular flexibility index (Phi) is 5.62. The first kappa shape index (κ1) is 17.1. The molecule has 0 aromatic heterocycles. The molecule has 0 aliphatic carbocycles. The Balaban J connectivity index is 0.00000180. The Labute approximate surface area is 130 Å². The van der Waals surface area contributed by atoms with Crippen LogP contribution < -0.4 is 5.73 Å². The smallest absolute Gasteiger partial charge is 0.245 e. The first-order valence-electron chi connectivity index (χ1n) is 5.22. The summed E-state index contributed by atoms with van der Waals surface area (Å²) in [6.45, 7) is 0.603. The van der Waals surface area contributed by atoms with Crippen LogP contribution in [0.15, 0.2) is 21.5 Å². The van der Waals surface area contributed by atoms with Gasteiger partial charge in [-0.05, 0) is 34.5 Å². The summed E-state index contributed by atoms with van der Waals surface area (Å²) in [5, 5.41) is -0.137. The molecule has 108 valence electrons. The molecule has 1 atom stereocenters. The van der Waals surface area contributed by atoms with Crippen LogP contribution in [0.25, 0.3) is 0 Å². The van der Waals surface area contributed by atoms with E-state index in [0.717, 1.165) is 12.1 Å². The normalized spacial score (nSPS) is 20.3. The number of rotatable bonds is 2. The van der Waals surface area contributed by atoms with Crippen LogP contribution in [0.3, 0.4) is 0 Å². The van der Waals surface area contributed by atoms with Crippen LogP contribution >= 0.6 is 39.9 Å². The van der Waals surface area contributed by atoms with E-state index in [4.69, 9.17) is 17.3 Å². The van der Waals surface area contributed by atoms with Crippen molar-refractivity contribution in [3.63, 3.8) is 0 Å². The van der Waals surface area contributed by atoms with Crippen LogP contribution in [0.5, 0.6) is 0 Å². The lowest BCUT2D eigenvalue weighted by atomic mass is 10.3. The van der Waals surface area contributed by atoms with Crippen molar-refractivity contribution in [2.75, 3.05) is 13.1 Å². The molecule has 1 saturated heterocycles. The van der Waals surface area contributed by atoms with Crippen molar-refractivity contribution in [2.45, 2.75) is 17.4 Å². The molecule has 1 aromatic rings. The molecule has 0 amide bonds. The SMILES string of the molecule is Cl.NC1CCN(S(=O)(=O)c2c(Cl)cc(F)cc2Br)C1. The van der Waals surface area contributed by atoms with Crippen LogP contribution in [0.4, 0.5) is 4.39 Å². The van der Waals surface area contributed by atoms with E-state index in [0.29, 0.717) is 13.0 Å². The first-order valence-corrected chi connectivity index (χ1v) is 7.83. The molecular formula is C10H12BrCl2FN2O2S. The van der Waals surface area contributed by atoms with Crippen molar-refractivity contribution in [1.29, 1.82) is 0 Å². The van der Waals surface area contributed by atoms with Crippen LogP contribution in [0, 0.1) is 5.82 Å². The fourth-order valence-corrected chi connectivity index (χ4v) is 5.14. The summed E-state index contributed by atoms with van der Waals surface area (Å²) in [7, 11) is -3.74. The van der Waals surface area contributed by atoms with Gasteiger partial charge >= 0.3 is 0 Å². The second kappa shape index (κ2) is 6.24. The van der Waals surface area contributed by atoms with Gasteiger partial charge in [0.05, 0.1) is 5.02 Å². The number of hydrogen-bond acceptors (Lipinski definition) is 3. The molecule has 19 heavy (non-hydrogen) atoms. The van der Waals surface area contributed by atoms with Gasteiger partial charge in [-0.1, -0.05) is 11.6 Å². The highest BCUT2D eigenvalue weighted by Crippen LogP contribution is 2.33. The number of nitrogens with two attached hydrogens (primary N) is 1. The summed E-state index contributed by atoms with van der Waals surface area (Å²) in [6, 6.07) is 1.89. The summed E-state index contributed by atoms with van der Waals surface area (Å²) in [6.07, 6.45) is 0.607. The van der Waals surface area contributed by atoms with Crippen LogP contribution in [0.1, 0.15) is 6.42 Å². The number of hydrogen-bond donors (Lipinski definition) is 1. The summed E-state index contributed by atoms with van der Waals surface area (Å²) in [5.74, 6) is -0.594. The molecule has 1 unspecified atom stereocenters. The zero-order valence-corrected chi connectivity index (χ0v) is 13.6. The fraction of sp³-hybridized carbons (Fsp3) is 0.400. The van der Waals surface area contributed by atoms with E-state index in [2.05, 4.69) is 15.9 Å². The van der Waals surface area contributed by atoms with E-state index in [1.165, 1.54) is 4.31 Å². The Morgan fingerprint density at radius 2 is 2.11 bits per heavy atom. The largest absolute Gasteiger partial charge is 0.326 e. The van der Waals surface area contributed by atoms with Gasteiger partial charge in [-0.2, -0.15) is 4.31 Å². The van der Waals surface area contributed by atoms with Crippen molar-refractivity contribution >= 4 is 50.0 Å². The van der Waals surface area contributed by atoms with Crippen LogP contribution in [-0.2, 0) is 10.0 Å². The van der Waals surface area contributed by atoms with Crippen molar-refractivity contribution < 1.29 is 12.8 Å². The predicted molar refractivity (Wildman–Crippen MR) is 77.7 cm³/mol. The number of halogens is 4. The average Bonchev–Trinajstić information content (AvgIpc) is 2.63. The third-order valence-corrected chi connectivity index (χ3v) is 6.01. The van der Waals surface area contributed by atoms with Gasteiger partial charge in [0.2, 0.25) is 10.0 Å². The van der Waals surface area contributed by atoms with E-state index in [9.17, 15) is 12.8 Å². The minimum atomic E-state index is -3.74. The second-order valence-corrected chi connectivity index (χ2v) is 7.25. The van der Waals surface area contributed by atoms with Gasteiger partial charge in [-0.3, -0.25) is 0 Å². The van der Waals surface area contributed by atoms with Gasteiger partial charge in [0, 0.05) is 23.6 Å². The van der Waals surface area contributed by atoms with Gasteiger partial charge in [-0.15, -0.1) is 12.4 Å². The highest BCUT2D eigenvalue weighted by Gasteiger charge is 2.34. The summed E-state index contributed by atoms with van der Waals surface area (Å²) in [4.78, 5) is -0.111. The third kappa shape index (κ3) is 3.40. The van der Waals surface area contributed by atoms with E-state index >= 15 is 0 Å². The van der Waals surface area contributed by atoms with Gasteiger partial charge in [-0.25, -0.2) is 12.8 Å². The third-order valence-electron chi connectivity index (χ3n) is 2.75. The minimum absolute atomic E-state index is 0. The molecule has 1 aliphatic heterocycles. The highest BCUT2D eigenvalue weighted by atomic mass is 79.9. The molecule has 1 aliphatic rings. The molecule has 0 spiro atoms. The molecule has 2 N–H and O–H groups in total.